The Labute approximate surface area is 73.6 Å². The molecule has 0 aliphatic carbocycles. The van der Waals surface area contributed by atoms with Crippen molar-refractivity contribution in [2.45, 2.75) is 18.9 Å². The summed E-state index contributed by atoms with van der Waals surface area (Å²) in [4.78, 5) is 4.30. The highest BCUT2D eigenvalue weighted by Crippen LogP contribution is 2.29. The van der Waals surface area contributed by atoms with E-state index in [1.165, 1.54) is 25.9 Å². The summed E-state index contributed by atoms with van der Waals surface area (Å²) in [5.74, 6) is 0.777. The van der Waals surface area contributed by atoms with Crippen LogP contribution in [-0.2, 0) is 0 Å². The minimum absolute atomic E-state index is 0.498. The Bertz CT molecular complexity index is 200. The monoisotopic (exact) mass is 165 g/mol. The van der Waals surface area contributed by atoms with E-state index in [-0.39, 0.29) is 0 Å². The minimum atomic E-state index is 0.498. The molecule has 3 rings (SSSR count). The maximum absolute atomic E-state index is 8.77. The van der Waals surface area contributed by atoms with Crippen LogP contribution >= 0.6 is 0 Å². The van der Waals surface area contributed by atoms with Gasteiger partial charge in [0.2, 0.25) is 0 Å². The Morgan fingerprint density at radius 1 is 1.42 bits per heavy atom. The molecule has 0 aromatic rings. The fourth-order valence-electron chi connectivity index (χ4n) is 2.45. The van der Waals surface area contributed by atoms with Crippen molar-refractivity contribution < 1.29 is 0 Å². The van der Waals surface area contributed by atoms with Gasteiger partial charge in [-0.05, 0) is 31.8 Å². The van der Waals surface area contributed by atoms with Gasteiger partial charge in [-0.15, -0.1) is 0 Å². The van der Waals surface area contributed by atoms with Crippen molar-refractivity contribution >= 4 is 0 Å². The van der Waals surface area contributed by atoms with Crippen LogP contribution in [0.25, 0.3) is 0 Å². The van der Waals surface area contributed by atoms with E-state index in [1.807, 2.05) is 11.9 Å². The Balaban J connectivity index is 2.05. The molecule has 12 heavy (non-hydrogen) atoms. The molecule has 1 atom stereocenters. The first-order chi connectivity index (χ1) is 5.81. The highest BCUT2D eigenvalue weighted by molar-refractivity contribution is 4.94. The summed E-state index contributed by atoms with van der Waals surface area (Å²) in [6, 6.07) is 0.498. The van der Waals surface area contributed by atoms with Gasteiger partial charge in [0.15, 0.2) is 6.19 Å². The van der Waals surface area contributed by atoms with Crippen LogP contribution in [0.5, 0.6) is 0 Å². The van der Waals surface area contributed by atoms with Crippen LogP contribution in [0.3, 0.4) is 0 Å². The molecule has 3 nitrogen and oxygen atoms in total. The standard InChI is InChI=1S/C9H15N3/c1-11(7-10)9-6-12-4-2-8(9)3-5-12/h8-9H,2-6H2,1H3. The second-order valence-electron chi connectivity index (χ2n) is 3.92. The summed E-state index contributed by atoms with van der Waals surface area (Å²) < 4.78 is 0. The maximum atomic E-state index is 8.77. The van der Waals surface area contributed by atoms with Crippen molar-refractivity contribution in [3.05, 3.63) is 0 Å². The normalized spacial score (nSPS) is 39.2. The zero-order chi connectivity index (χ0) is 8.55. The molecule has 0 amide bonds. The fraction of sp³-hybridized carbons (Fsp3) is 0.889. The van der Waals surface area contributed by atoms with Gasteiger partial charge < -0.3 is 9.80 Å². The van der Waals surface area contributed by atoms with Gasteiger partial charge in [-0.3, -0.25) is 0 Å². The van der Waals surface area contributed by atoms with Gasteiger partial charge in [-0.1, -0.05) is 0 Å². The van der Waals surface area contributed by atoms with Gasteiger partial charge in [-0.2, -0.15) is 5.26 Å². The summed E-state index contributed by atoms with van der Waals surface area (Å²) in [5.41, 5.74) is 0. The smallest absolute Gasteiger partial charge is 0.179 e. The van der Waals surface area contributed by atoms with E-state index < -0.39 is 0 Å². The van der Waals surface area contributed by atoms with Crippen LogP contribution in [0.4, 0.5) is 0 Å². The summed E-state index contributed by atoms with van der Waals surface area (Å²) in [6.45, 7) is 3.61. The summed E-state index contributed by atoms with van der Waals surface area (Å²) in [7, 11) is 1.91. The van der Waals surface area contributed by atoms with Gasteiger partial charge in [-0.25, -0.2) is 0 Å². The summed E-state index contributed by atoms with van der Waals surface area (Å²) >= 11 is 0. The molecule has 0 aromatic heterocycles. The van der Waals surface area contributed by atoms with Crippen LogP contribution in [-0.4, -0.2) is 42.5 Å². The Morgan fingerprint density at radius 2 is 2.08 bits per heavy atom. The zero-order valence-corrected chi connectivity index (χ0v) is 7.53. The first-order valence-electron chi connectivity index (χ1n) is 4.66. The van der Waals surface area contributed by atoms with Gasteiger partial charge in [0.25, 0.3) is 0 Å². The van der Waals surface area contributed by atoms with Crippen molar-refractivity contribution in [1.82, 2.24) is 9.80 Å². The SMILES string of the molecule is CN(C#N)C1CN2CCC1CC2. The molecule has 0 aromatic carbocycles. The quantitative estimate of drug-likeness (QED) is 0.418. The lowest BCUT2D eigenvalue weighted by molar-refractivity contribution is 0.0378. The fourth-order valence-corrected chi connectivity index (χ4v) is 2.45. The molecular weight excluding hydrogens is 150 g/mol. The highest BCUT2D eigenvalue weighted by atomic mass is 15.2. The number of piperidine rings is 3. The van der Waals surface area contributed by atoms with Gasteiger partial charge in [0.1, 0.15) is 0 Å². The first-order valence-corrected chi connectivity index (χ1v) is 4.66. The van der Waals surface area contributed by atoms with Crippen molar-refractivity contribution in [3.8, 4) is 6.19 Å². The van der Waals surface area contributed by atoms with E-state index >= 15 is 0 Å². The number of nitriles is 1. The third-order valence-electron chi connectivity index (χ3n) is 3.28. The van der Waals surface area contributed by atoms with Crippen molar-refractivity contribution in [1.29, 1.82) is 5.26 Å². The van der Waals surface area contributed by atoms with E-state index in [9.17, 15) is 0 Å². The first kappa shape index (κ1) is 7.88. The molecule has 2 bridgehead atoms. The number of rotatable bonds is 1. The Hall–Kier alpha value is -0.750. The van der Waals surface area contributed by atoms with Crippen LogP contribution in [0, 0.1) is 17.4 Å². The molecule has 3 heterocycles. The third-order valence-corrected chi connectivity index (χ3v) is 3.28. The van der Waals surface area contributed by atoms with E-state index in [0.29, 0.717) is 6.04 Å². The maximum Gasteiger partial charge on any atom is 0.179 e. The van der Waals surface area contributed by atoms with Crippen molar-refractivity contribution in [2.24, 2.45) is 5.92 Å². The molecule has 0 spiro atoms. The number of hydrogen-bond acceptors (Lipinski definition) is 3. The zero-order valence-electron chi connectivity index (χ0n) is 7.53. The predicted molar refractivity (Wildman–Crippen MR) is 46.3 cm³/mol. The lowest BCUT2D eigenvalue weighted by Gasteiger charge is -2.46. The number of nitrogens with zero attached hydrogens (tertiary/aromatic N) is 3. The van der Waals surface area contributed by atoms with E-state index in [2.05, 4.69) is 11.1 Å². The molecule has 1 unspecified atom stereocenters. The molecule has 0 radical (unpaired) electrons. The molecule has 0 saturated carbocycles. The largest absolute Gasteiger partial charge is 0.309 e. The Morgan fingerprint density at radius 3 is 2.50 bits per heavy atom. The number of likely N-dealkylation sites (N-methyl/N-ethyl adjacent to an activating group) is 1. The van der Waals surface area contributed by atoms with Crippen LogP contribution in [0.1, 0.15) is 12.8 Å². The van der Waals surface area contributed by atoms with Crippen LogP contribution in [0.2, 0.25) is 0 Å². The molecule has 3 aliphatic rings. The number of hydrogen-bond donors (Lipinski definition) is 0. The molecular formula is C9H15N3. The average Bonchev–Trinajstić information content (AvgIpc) is 2.18. The van der Waals surface area contributed by atoms with E-state index in [1.54, 1.807) is 0 Å². The lowest BCUT2D eigenvalue weighted by Crippen LogP contribution is -2.55. The van der Waals surface area contributed by atoms with E-state index in [4.69, 9.17) is 5.26 Å². The second kappa shape index (κ2) is 2.95. The number of fused-ring (bicyclic) bond motifs is 3. The molecule has 3 fully saturated rings. The topological polar surface area (TPSA) is 30.3 Å². The molecule has 66 valence electrons. The van der Waals surface area contributed by atoms with Crippen molar-refractivity contribution in [3.63, 3.8) is 0 Å². The molecule has 3 aliphatic heterocycles. The molecule has 0 N–H and O–H groups in total. The highest BCUT2D eigenvalue weighted by Gasteiger charge is 2.35. The van der Waals surface area contributed by atoms with Crippen molar-refractivity contribution in [2.75, 3.05) is 26.7 Å². The van der Waals surface area contributed by atoms with Gasteiger partial charge in [0, 0.05) is 13.6 Å². The lowest BCUT2D eigenvalue weighted by atomic mass is 9.83. The summed E-state index contributed by atoms with van der Waals surface area (Å²) in [5, 5.41) is 8.77. The summed E-state index contributed by atoms with van der Waals surface area (Å²) in [6.07, 6.45) is 4.80. The molecule has 3 heteroatoms. The van der Waals surface area contributed by atoms with Gasteiger partial charge in [0.05, 0.1) is 6.04 Å². The average molecular weight is 165 g/mol. The Kier molecular flexibility index (Phi) is 1.93. The van der Waals surface area contributed by atoms with E-state index in [0.717, 1.165) is 12.5 Å². The molecule has 3 saturated heterocycles. The van der Waals surface area contributed by atoms with Gasteiger partial charge >= 0.3 is 0 Å². The minimum Gasteiger partial charge on any atom is -0.309 e. The second-order valence-corrected chi connectivity index (χ2v) is 3.92. The third kappa shape index (κ3) is 1.16. The van der Waals surface area contributed by atoms with Crippen LogP contribution < -0.4 is 0 Å². The van der Waals surface area contributed by atoms with Crippen LogP contribution in [0.15, 0.2) is 0 Å². The predicted octanol–water partition coefficient (Wildman–Crippen LogP) is 0.493.